The first-order chi connectivity index (χ1) is 12.5. The van der Waals surface area contributed by atoms with E-state index in [2.05, 4.69) is 45.4 Å². The van der Waals surface area contributed by atoms with Gasteiger partial charge in [0.25, 0.3) is 0 Å². The summed E-state index contributed by atoms with van der Waals surface area (Å²) in [5.41, 5.74) is 3.25. The molecular formula is C19H17N5O2. The lowest BCUT2D eigenvalue weighted by Gasteiger charge is -2.12. The van der Waals surface area contributed by atoms with Crippen molar-refractivity contribution in [1.29, 1.82) is 0 Å². The number of rotatable bonds is 4. The fourth-order valence-electron chi connectivity index (χ4n) is 2.97. The number of nitrogens with one attached hydrogen (secondary N) is 2. The van der Waals surface area contributed by atoms with E-state index >= 15 is 0 Å². The van der Waals surface area contributed by atoms with E-state index in [1.54, 1.807) is 18.5 Å². The van der Waals surface area contributed by atoms with Gasteiger partial charge in [-0.3, -0.25) is 10.1 Å². The van der Waals surface area contributed by atoms with Crippen LogP contribution in [0, 0.1) is 0 Å². The van der Waals surface area contributed by atoms with E-state index in [1.165, 1.54) is 5.56 Å². The van der Waals surface area contributed by atoms with Gasteiger partial charge in [0.2, 0.25) is 0 Å². The van der Waals surface area contributed by atoms with Gasteiger partial charge in [-0.15, -0.1) is 0 Å². The number of fused-ring (bicyclic) bond motifs is 3. The van der Waals surface area contributed by atoms with Crippen LogP contribution in [0.15, 0.2) is 42.7 Å². The van der Waals surface area contributed by atoms with Crippen LogP contribution in [0.3, 0.4) is 0 Å². The highest BCUT2D eigenvalue weighted by atomic mass is 16.4. The van der Waals surface area contributed by atoms with Gasteiger partial charge in [-0.1, -0.05) is 26.0 Å². The number of carboxylic acids is 1. The van der Waals surface area contributed by atoms with Crippen molar-refractivity contribution in [2.24, 2.45) is 0 Å². The van der Waals surface area contributed by atoms with Gasteiger partial charge >= 0.3 is 5.97 Å². The third-order valence-electron chi connectivity index (χ3n) is 4.32. The third-order valence-corrected chi connectivity index (χ3v) is 4.32. The number of aromatic carboxylic acids is 1. The van der Waals surface area contributed by atoms with E-state index in [1.807, 2.05) is 18.2 Å². The average molecular weight is 347 g/mol. The maximum absolute atomic E-state index is 11.6. The van der Waals surface area contributed by atoms with Crippen LogP contribution in [-0.4, -0.2) is 31.2 Å². The van der Waals surface area contributed by atoms with Crippen molar-refractivity contribution in [3.63, 3.8) is 0 Å². The predicted octanol–water partition coefficient (Wildman–Crippen LogP) is 4.07. The highest BCUT2D eigenvalue weighted by Crippen LogP contribution is 2.32. The number of hydrogen-bond acceptors (Lipinski definition) is 5. The molecule has 0 fully saturated rings. The Morgan fingerprint density at radius 1 is 1.27 bits per heavy atom. The number of carboxylic acid groups (broad SMARTS) is 1. The van der Waals surface area contributed by atoms with Gasteiger partial charge in [0.15, 0.2) is 5.69 Å². The average Bonchev–Trinajstić information content (AvgIpc) is 3.08. The molecule has 0 unspecified atom stereocenters. The number of pyridine rings is 2. The van der Waals surface area contributed by atoms with E-state index in [-0.39, 0.29) is 5.69 Å². The van der Waals surface area contributed by atoms with Crippen LogP contribution in [0.2, 0.25) is 0 Å². The highest BCUT2D eigenvalue weighted by molar-refractivity contribution is 6.14. The Kier molecular flexibility index (Phi) is 3.76. The van der Waals surface area contributed by atoms with Crippen molar-refractivity contribution in [2.75, 3.05) is 5.32 Å². The number of aromatic amines is 1. The van der Waals surface area contributed by atoms with Crippen molar-refractivity contribution in [1.82, 2.24) is 20.2 Å². The normalized spacial score (nSPS) is 11.3. The van der Waals surface area contributed by atoms with Crippen LogP contribution in [0.5, 0.6) is 0 Å². The molecule has 0 saturated carbocycles. The molecule has 3 N–H and O–H groups in total. The summed E-state index contributed by atoms with van der Waals surface area (Å²) in [5, 5.41) is 20.7. The molecule has 0 amide bonds. The summed E-state index contributed by atoms with van der Waals surface area (Å²) in [6.07, 6.45) is 3.29. The predicted molar refractivity (Wildman–Crippen MR) is 100.0 cm³/mol. The Labute approximate surface area is 149 Å². The zero-order valence-electron chi connectivity index (χ0n) is 14.3. The lowest BCUT2D eigenvalue weighted by molar-refractivity contribution is 0.0692. The number of carbonyl (C=O) groups is 1. The lowest BCUT2D eigenvalue weighted by Crippen LogP contribution is -2.01. The van der Waals surface area contributed by atoms with E-state index < -0.39 is 5.97 Å². The standard InChI is InChI=1S/C19H17N5O2/c1-10(2)11-4-3-5-12(8-11)21-18-15-16(23-24-17(15)19(25)26)13-9-20-7-6-14(13)22-18/h3-10H,1-2H3,(H,21,22)(H,23,24)(H,25,26). The molecule has 7 heteroatoms. The number of aromatic nitrogens is 4. The topological polar surface area (TPSA) is 104 Å². The Balaban J connectivity index is 1.94. The minimum Gasteiger partial charge on any atom is -0.477 e. The zero-order valence-corrected chi connectivity index (χ0v) is 14.3. The molecule has 3 aromatic heterocycles. The Bertz CT molecular complexity index is 1130. The highest BCUT2D eigenvalue weighted by Gasteiger charge is 2.20. The van der Waals surface area contributed by atoms with Crippen LogP contribution >= 0.6 is 0 Å². The van der Waals surface area contributed by atoms with Gasteiger partial charge in [-0.05, 0) is 29.7 Å². The number of benzene rings is 1. The van der Waals surface area contributed by atoms with Crippen molar-refractivity contribution < 1.29 is 9.90 Å². The van der Waals surface area contributed by atoms with Crippen molar-refractivity contribution in [3.8, 4) is 0 Å². The van der Waals surface area contributed by atoms with Gasteiger partial charge in [0.05, 0.1) is 10.9 Å². The first-order valence-corrected chi connectivity index (χ1v) is 8.26. The molecule has 4 aromatic rings. The first kappa shape index (κ1) is 16.0. The zero-order chi connectivity index (χ0) is 18.3. The molecule has 3 heterocycles. The Morgan fingerprint density at radius 3 is 2.88 bits per heavy atom. The first-order valence-electron chi connectivity index (χ1n) is 8.26. The summed E-state index contributed by atoms with van der Waals surface area (Å²) < 4.78 is 0. The summed E-state index contributed by atoms with van der Waals surface area (Å²) >= 11 is 0. The van der Waals surface area contributed by atoms with Crippen LogP contribution in [0.4, 0.5) is 11.5 Å². The van der Waals surface area contributed by atoms with Gasteiger partial charge in [-0.2, -0.15) is 5.10 Å². The fraction of sp³-hybridized carbons (Fsp3) is 0.158. The van der Waals surface area contributed by atoms with Gasteiger partial charge in [0, 0.05) is 23.5 Å². The SMILES string of the molecule is CC(C)c1cccc(Nc2nc3ccncc3c3n[nH]c(C(=O)O)c23)c1. The van der Waals surface area contributed by atoms with Gasteiger partial charge in [0.1, 0.15) is 11.3 Å². The summed E-state index contributed by atoms with van der Waals surface area (Å²) in [7, 11) is 0. The van der Waals surface area contributed by atoms with E-state index in [9.17, 15) is 9.90 Å². The van der Waals surface area contributed by atoms with Crippen LogP contribution in [-0.2, 0) is 0 Å². The maximum atomic E-state index is 11.6. The smallest absolute Gasteiger partial charge is 0.354 e. The van der Waals surface area contributed by atoms with E-state index in [0.717, 1.165) is 5.69 Å². The monoisotopic (exact) mass is 347 g/mol. The molecule has 0 spiro atoms. The molecule has 1 aromatic carbocycles. The summed E-state index contributed by atoms with van der Waals surface area (Å²) in [6, 6.07) is 9.77. The van der Waals surface area contributed by atoms with Gasteiger partial charge < -0.3 is 10.4 Å². The second-order valence-corrected chi connectivity index (χ2v) is 6.39. The minimum absolute atomic E-state index is 0.000710. The Hall–Kier alpha value is -3.48. The molecule has 0 atom stereocenters. The van der Waals surface area contributed by atoms with Crippen LogP contribution in [0.1, 0.15) is 35.8 Å². The molecule has 0 radical (unpaired) electrons. The Morgan fingerprint density at radius 2 is 2.12 bits per heavy atom. The van der Waals surface area contributed by atoms with Crippen molar-refractivity contribution in [3.05, 3.63) is 54.0 Å². The third kappa shape index (κ3) is 2.63. The molecule has 130 valence electrons. The fourth-order valence-corrected chi connectivity index (χ4v) is 2.97. The second kappa shape index (κ2) is 6.11. The molecule has 0 aliphatic heterocycles. The second-order valence-electron chi connectivity index (χ2n) is 6.39. The molecule has 7 nitrogen and oxygen atoms in total. The summed E-state index contributed by atoms with van der Waals surface area (Å²) in [5.74, 6) is -0.252. The molecule has 0 aliphatic rings. The van der Waals surface area contributed by atoms with E-state index in [4.69, 9.17) is 0 Å². The molecule has 0 aliphatic carbocycles. The van der Waals surface area contributed by atoms with Crippen LogP contribution < -0.4 is 5.32 Å². The number of H-pyrrole nitrogens is 1. The lowest BCUT2D eigenvalue weighted by atomic mass is 10.0. The molecular weight excluding hydrogens is 330 g/mol. The van der Waals surface area contributed by atoms with Crippen molar-refractivity contribution in [2.45, 2.75) is 19.8 Å². The molecule has 0 bridgehead atoms. The maximum Gasteiger partial charge on any atom is 0.354 e. The van der Waals surface area contributed by atoms with Crippen molar-refractivity contribution >= 4 is 39.3 Å². The molecule has 26 heavy (non-hydrogen) atoms. The summed E-state index contributed by atoms with van der Waals surface area (Å²) in [6.45, 7) is 4.24. The van der Waals surface area contributed by atoms with Gasteiger partial charge in [-0.25, -0.2) is 9.78 Å². The largest absolute Gasteiger partial charge is 0.477 e. The number of anilines is 2. The van der Waals surface area contributed by atoms with Crippen LogP contribution in [0.25, 0.3) is 21.8 Å². The van der Waals surface area contributed by atoms with E-state index in [0.29, 0.717) is 33.5 Å². The number of nitrogens with zero attached hydrogens (tertiary/aromatic N) is 3. The number of hydrogen-bond donors (Lipinski definition) is 3. The minimum atomic E-state index is -1.09. The quantitative estimate of drug-likeness (QED) is 0.514. The molecule has 0 saturated heterocycles. The molecule has 4 rings (SSSR count). The summed E-state index contributed by atoms with van der Waals surface area (Å²) in [4.78, 5) is 20.3.